The van der Waals surface area contributed by atoms with E-state index in [4.69, 9.17) is 10.00 Å². The molecule has 0 saturated carbocycles. The summed E-state index contributed by atoms with van der Waals surface area (Å²) in [6.45, 7) is -0.462. The second-order valence-corrected chi connectivity index (χ2v) is 6.00. The summed E-state index contributed by atoms with van der Waals surface area (Å²) in [5.74, 6) is -1.30. The van der Waals surface area contributed by atoms with Crippen molar-refractivity contribution < 1.29 is 40.6 Å². The van der Waals surface area contributed by atoms with Crippen LogP contribution in [-0.2, 0) is 11.0 Å². The molecule has 1 N–H and O–H groups in total. The second kappa shape index (κ2) is 8.94. The van der Waals surface area contributed by atoms with Crippen LogP contribution in [0.1, 0.15) is 18.1 Å². The first-order valence-corrected chi connectivity index (χ1v) is 8.27. The first-order chi connectivity index (χ1) is 13.9. The number of amides is 1. The molecule has 2 aromatic rings. The van der Waals surface area contributed by atoms with E-state index in [0.717, 1.165) is 0 Å². The predicted octanol–water partition coefficient (Wildman–Crippen LogP) is 4.92. The van der Waals surface area contributed by atoms with Crippen molar-refractivity contribution in [2.24, 2.45) is 0 Å². The summed E-state index contributed by atoms with van der Waals surface area (Å²) in [4.78, 5) is 12.3. The van der Waals surface area contributed by atoms with Crippen LogP contribution in [0.2, 0.25) is 0 Å². The maximum absolute atomic E-state index is 12.9. The van der Waals surface area contributed by atoms with Crippen LogP contribution in [0, 0.1) is 11.3 Å². The van der Waals surface area contributed by atoms with Crippen LogP contribution in [0.25, 0.3) is 0 Å². The minimum Gasteiger partial charge on any atom is -0.482 e. The number of hydrogen-bond donors (Lipinski definition) is 1. The highest BCUT2D eigenvalue weighted by Crippen LogP contribution is 2.35. The summed E-state index contributed by atoms with van der Waals surface area (Å²) in [6, 6.07) is 9.26. The number of nitrogens with zero attached hydrogens (tertiary/aromatic N) is 1. The van der Waals surface area contributed by atoms with Gasteiger partial charge in [-0.3, -0.25) is 4.79 Å². The number of carbonyl (C=O) groups is 1. The molecule has 0 aromatic heterocycles. The van der Waals surface area contributed by atoms with Gasteiger partial charge in [-0.15, -0.1) is 0 Å². The minimum absolute atomic E-state index is 0.203. The first kappa shape index (κ1) is 22.9. The van der Waals surface area contributed by atoms with Gasteiger partial charge in [-0.05, 0) is 49.4 Å². The zero-order valence-corrected chi connectivity index (χ0v) is 15.3. The van der Waals surface area contributed by atoms with Gasteiger partial charge in [0, 0.05) is 0 Å². The Labute approximate surface area is 166 Å². The molecule has 0 aliphatic carbocycles. The summed E-state index contributed by atoms with van der Waals surface area (Å²) in [5.41, 5.74) is -1.43. The Hall–Kier alpha value is -3.42. The molecule has 0 aliphatic heterocycles. The van der Waals surface area contributed by atoms with E-state index in [0.29, 0.717) is 23.8 Å². The minimum atomic E-state index is -4.79. The van der Waals surface area contributed by atoms with Crippen LogP contribution >= 0.6 is 0 Å². The Morgan fingerprint density at radius 1 is 1.10 bits per heavy atom. The summed E-state index contributed by atoms with van der Waals surface area (Å²) in [6.07, 6.45) is -10.7. The van der Waals surface area contributed by atoms with Gasteiger partial charge in [-0.25, -0.2) is 0 Å². The third kappa shape index (κ3) is 6.58. The number of benzene rings is 2. The summed E-state index contributed by atoms with van der Waals surface area (Å²) in [5, 5.41) is 10.8. The molecular formula is C19H14F6N2O3. The molecule has 0 saturated heterocycles. The van der Waals surface area contributed by atoms with Crippen molar-refractivity contribution in [3.05, 3.63) is 53.6 Å². The topological polar surface area (TPSA) is 71.3 Å². The van der Waals surface area contributed by atoms with Gasteiger partial charge >= 0.3 is 12.4 Å². The van der Waals surface area contributed by atoms with Crippen molar-refractivity contribution in [1.82, 2.24) is 0 Å². The van der Waals surface area contributed by atoms with Crippen LogP contribution < -0.4 is 14.8 Å². The lowest BCUT2D eigenvalue weighted by Gasteiger charge is -2.18. The monoisotopic (exact) mass is 432 g/mol. The van der Waals surface area contributed by atoms with E-state index in [1.165, 1.54) is 31.2 Å². The number of carbonyl (C=O) groups excluding carboxylic acids is 1. The molecule has 0 spiro atoms. The average Bonchev–Trinajstić information content (AvgIpc) is 2.66. The van der Waals surface area contributed by atoms with E-state index in [1.54, 1.807) is 0 Å². The van der Waals surface area contributed by atoms with Gasteiger partial charge in [0.05, 0.1) is 22.9 Å². The molecule has 0 fully saturated rings. The number of halogens is 6. The van der Waals surface area contributed by atoms with Crippen molar-refractivity contribution in [2.75, 3.05) is 11.9 Å². The van der Waals surface area contributed by atoms with Crippen LogP contribution in [-0.4, -0.2) is 24.8 Å². The van der Waals surface area contributed by atoms with Crippen LogP contribution in [0.5, 0.6) is 11.5 Å². The maximum Gasteiger partial charge on any atom is 0.422 e. The molecular weight excluding hydrogens is 418 g/mol. The number of rotatable bonds is 6. The molecule has 5 nitrogen and oxygen atoms in total. The van der Waals surface area contributed by atoms with Gasteiger partial charge in [-0.1, -0.05) is 0 Å². The number of ether oxygens (including phenoxy) is 2. The number of alkyl halides is 6. The Bertz CT molecular complexity index is 933. The highest BCUT2D eigenvalue weighted by atomic mass is 19.4. The van der Waals surface area contributed by atoms with Crippen molar-refractivity contribution >= 4 is 11.6 Å². The lowest BCUT2D eigenvalue weighted by atomic mass is 10.1. The summed E-state index contributed by atoms with van der Waals surface area (Å²) in [7, 11) is 0. The van der Waals surface area contributed by atoms with E-state index in [2.05, 4.69) is 10.1 Å². The van der Waals surface area contributed by atoms with Crippen LogP contribution in [0.4, 0.5) is 32.0 Å². The lowest BCUT2D eigenvalue weighted by Crippen LogP contribution is -2.30. The van der Waals surface area contributed by atoms with Gasteiger partial charge in [0.15, 0.2) is 12.7 Å². The fraction of sp³-hybridized carbons (Fsp3) is 0.263. The highest BCUT2D eigenvalue weighted by molar-refractivity contribution is 5.95. The van der Waals surface area contributed by atoms with E-state index >= 15 is 0 Å². The van der Waals surface area contributed by atoms with Gasteiger partial charge in [0.1, 0.15) is 11.5 Å². The number of anilines is 1. The molecule has 0 aliphatic rings. The average molecular weight is 432 g/mol. The van der Waals surface area contributed by atoms with Crippen LogP contribution in [0.15, 0.2) is 42.5 Å². The van der Waals surface area contributed by atoms with Gasteiger partial charge in [0.25, 0.3) is 5.91 Å². The first-order valence-electron chi connectivity index (χ1n) is 8.27. The molecule has 0 heterocycles. The quantitative estimate of drug-likeness (QED) is 0.658. The second-order valence-electron chi connectivity index (χ2n) is 6.00. The van der Waals surface area contributed by atoms with Crippen molar-refractivity contribution in [3.8, 4) is 17.6 Å². The van der Waals surface area contributed by atoms with Crippen molar-refractivity contribution in [1.29, 1.82) is 5.26 Å². The molecule has 0 radical (unpaired) electrons. The molecule has 11 heteroatoms. The largest absolute Gasteiger partial charge is 0.482 e. The highest BCUT2D eigenvalue weighted by Gasteiger charge is 2.33. The molecule has 1 atom stereocenters. The molecule has 1 amide bonds. The Balaban J connectivity index is 2.19. The standard InChI is InChI=1S/C19H14F6N2O3/c1-11(30-14-5-2-12(9-26)3-6-14)17(28)27-15-8-13(19(23,24)25)4-7-16(15)29-10-18(20,21)22/h2-8,11H,10H2,1H3,(H,27,28). The molecule has 30 heavy (non-hydrogen) atoms. The molecule has 2 rings (SSSR count). The van der Waals surface area contributed by atoms with E-state index in [1.807, 2.05) is 6.07 Å². The number of hydrogen-bond acceptors (Lipinski definition) is 4. The van der Waals surface area contributed by atoms with Gasteiger partial charge in [0.2, 0.25) is 0 Å². The molecule has 2 aromatic carbocycles. The Morgan fingerprint density at radius 3 is 2.27 bits per heavy atom. The summed E-state index contributed by atoms with van der Waals surface area (Å²) >= 11 is 0. The van der Waals surface area contributed by atoms with Gasteiger partial charge < -0.3 is 14.8 Å². The van der Waals surface area contributed by atoms with Crippen molar-refractivity contribution in [2.45, 2.75) is 25.4 Å². The van der Waals surface area contributed by atoms with Crippen molar-refractivity contribution in [3.63, 3.8) is 0 Å². The van der Waals surface area contributed by atoms with E-state index < -0.39 is 48.0 Å². The smallest absolute Gasteiger partial charge is 0.422 e. The zero-order chi connectivity index (χ0) is 22.5. The number of nitriles is 1. The van der Waals surface area contributed by atoms with E-state index in [-0.39, 0.29) is 5.75 Å². The molecule has 0 bridgehead atoms. The van der Waals surface area contributed by atoms with Gasteiger partial charge in [-0.2, -0.15) is 31.6 Å². The Kier molecular flexibility index (Phi) is 6.81. The predicted molar refractivity (Wildman–Crippen MR) is 92.9 cm³/mol. The third-order valence-corrected chi connectivity index (χ3v) is 3.62. The zero-order valence-electron chi connectivity index (χ0n) is 15.3. The Morgan fingerprint density at radius 2 is 1.73 bits per heavy atom. The summed E-state index contributed by atoms with van der Waals surface area (Å²) < 4.78 is 85.9. The number of nitrogens with one attached hydrogen (secondary N) is 1. The molecule has 1 unspecified atom stereocenters. The SMILES string of the molecule is CC(Oc1ccc(C#N)cc1)C(=O)Nc1cc(C(F)(F)F)ccc1OCC(F)(F)F. The fourth-order valence-electron chi connectivity index (χ4n) is 2.19. The maximum atomic E-state index is 12.9. The normalized spacial score (nSPS) is 12.6. The fourth-order valence-corrected chi connectivity index (χ4v) is 2.19. The third-order valence-electron chi connectivity index (χ3n) is 3.62. The van der Waals surface area contributed by atoms with E-state index in [9.17, 15) is 31.1 Å². The lowest BCUT2D eigenvalue weighted by molar-refractivity contribution is -0.153. The van der Waals surface area contributed by atoms with Crippen LogP contribution in [0.3, 0.4) is 0 Å². The molecule has 160 valence electrons.